The van der Waals surface area contributed by atoms with Crippen LogP contribution in [0.3, 0.4) is 0 Å². The van der Waals surface area contributed by atoms with Crippen LogP contribution < -0.4 is 0 Å². The second kappa shape index (κ2) is 2.15. The van der Waals surface area contributed by atoms with Crippen molar-refractivity contribution in [3.05, 3.63) is 11.6 Å². The molecule has 0 unspecified atom stereocenters. The standard InChI is InChI=1S/C7H8F2O/c1-5(10)2-6-3-7(8,9)4-6/h2H,3-4H2,1H3. The molecule has 1 nitrogen and oxygen atoms in total. The lowest BCUT2D eigenvalue weighted by atomic mass is 9.87. The molecule has 1 fully saturated rings. The molecule has 10 heavy (non-hydrogen) atoms. The van der Waals surface area contributed by atoms with E-state index in [9.17, 15) is 13.6 Å². The van der Waals surface area contributed by atoms with Crippen LogP contribution in [0.15, 0.2) is 11.6 Å². The van der Waals surface area contributed by atoms with E-state index in [4.69, 9.17) is 0 Å². The largest absolute Gasteiger partial charge is 0.295 e. The second-order valence-electron chi connectivity index (χ2n) is 2.62. The minimum absolute atomic E-state index is 0.148. The van der Waals surface area contributed by atoms with Gasteiger partial charge in [0.05, 0.1) is 0 Å². The number of alkyl halides is 2. The first kappa shape index (κ1) is 7.38. The van der Waals surface area contributed by atoms with Crippen molar-refractivity contribution < 1.29 is 13.6 Å². The maximum atomic E-state index is 12.1. The Hall–Kier alpha value is -0.730. The van der Waals surface area contributed by atoms with Gasteiger partial charge in [0, 0.05) is 12.8 Å². The van der Waals surface area contributed by atoms with E-state index in [0.717, 1.165) is 0 Å². The molecule has 1 aliphatic rings. The molecule has 56 valence electrons. The Morgan fingerprint density at radius 1 is 1.60 bits per heavy atom. The van der Waals surface area contributed by atoms with Crippen LogP contribution in [0.1, 0.15) is 19.8 Å². The van der Waals surface area contributed by atoms with Crippen molar-refractivity contribution in [1.29, 1.82) is 0 Å². The summed E-state index contributed by atoms with van der Waals surface area (Å²) in [6.07, 6.45) is 0.830. The van der Waals surface area contributed by atoms with Crippen molar-refractivity contribution in [2.75, 3.05) is 0 Å². The zero-order chi connectivity index (χ0) is 7.78. The fraction of sp³-hybridized carbons (Fsp3) is 0.571. The van der Waals surface area contributed by atoms with Crippen LogP contribution in [0.4, 0.5) is 8.78 Å². The number of allylic oxidation sites excluding steroid dienone is 2. The Morgan fingerprint density at radius 2 is 2.10 bits per heavy atom. The zero-order valence-corrected chi connectivity index (χ0v) is 5.66. The molecule has 1 saturated carbocycles. The van der Waals surface area contributed by atoms with Gasteiger partial charge in [-0.2, -0.15) is 0 Å². The van der Waals surface area contributed by atoms with Gasteiger partial charge < -0.3 is 0 Å². The van der Waals surface area contributed by atoms with E-state index in [1.54, 1.807) is 0 Å². The van der Waals surface area contributed by atoms with Gasteiger partial charge in [0.2, 0.25) is 0 Å². The van der Waals surface area contributed by atoms with E-state index in [2.05, 4.69) is 0 Å². The number of hydrogen-bond donors (Lipinski definition) is 0. The van der Waals surface area contributed by atoms with Crippen molar-refractivity contribution in [3.8, 4) is 0 Å². The van der Waals surface area contributed by atoms with Crippen molar-refractivity contribution in [2.45, 2.75) is 25.7 Å². The van der Waals surface area contributed by atoms with Crippen LogP contribution in [-0.2, 0) is 4.79 Å². The number of hydrogen-bond acceptors (Lipinski definition) is 1. The highest BCUT2D eigenvalue weighted by Crippen LogP contribution is 2.41. The van der Waals surface area contributed by atoms with Crippen LogP contribution in [0.2, 0.25) is 0 Å². The molecular formula is C7H8F2O. The van der Waals surface area contributed by atoms with Gasteiger partial charge in [-0.1, -0.05) is 5.57 Å². The van der Waals surface area contributed by atoms with Gasteiger partial charge in [-0.25, -0.2) is 8.78 Å². The number of carbonyl (C=O) groups is 1. The SMILES string of the molecule is CC(=O)C=C1CC(F)(F)C1. The summed E-state index contributed by atoms with van der Waals surface area (Å²) in [7, 11) is 0. The van der Waals surface area contributed by atoms with E-state index < -0.39 is 5.92 Å². The molecule has 0 aromatic heterocycles. The monoisotopic (exact) mass is 146 g/mol. The van der Waals surface area contributed by atoms with Crippen LogP contribution in [0.5, 0.6) is 0 Å². The molecule has 0 radical (unpaired) electrons. The molecule has 0 heterocycles. The summed E-state index contributed by atoms with van der Waals surface area (Å²) in [5.41, 5.74) is 0.567. The van der Waals surface area contributed by atoms with E-state index in [-0.39, 0.29) is 18.6 Å². The highest BCUT2D eigenvalue weighted by atomic mass is 19.3. The Bertz CT molecular complexity index is 184. The van der Waals surface area contributed by atoms with Crippen molar-refractivity contribution >= 4 is 5.78 Å². The molecule has 0 aromatic carbocycles. The Morgan fingerprint density at radius 3 is 2.40 bits per heavy atom. The van der Waals surface area contributed by atoms with Crippen molar-refractivity contribution in [3.63, 3.8) is 0 Å². The third kappa shape index (κ3) is 1.62. The lowest BCUT2D eigenvalue weighted by molar-refractivity contribution is -0.112. The molecule has 1 rings (SSSR count). The van der Waals surface area contributed by atoms with E-state index in [1.165, 1.54) is 13.0 Å². The molecule has 3 heteroatoms. The topological polar surface area (TPSA) is 17.1 Å². The first-order valence-corrected chi connectivity index (χ1v) is 3.07. The fourth-order valence-corrected chi connectivity index (χ4v) is 1.00. The summed E-state index contributed by atoms with van der Waals surface area (Å²) in [5.74, 6) is -2.69. The van der Waals surface area contributed by atoms with Gasteiger partial charge in [0.25, 0.3) is 5.92 Å². The average Bonchev–Trinajstić information content (AvgIpc) is 1.57. The molecule has 0 amide bonds. The predicted octanol–water partition coefficient (Wildman–Crippen LogP) is 1.93. The Labute approximate surface area is 57.7 Å². The summed E-state index contributed by atoms with van der Waals surface area (Å²) in [6, 6.07) is 0. The zero-order valence-electron chi connectivity index (χ0n) is 5.66. The number of rotatable bonds is 1. The molecular weight excluding hydrogens is 138 g/mol. The molecule has 0 bridgehead atoms. The number of carbonyl (C=O) groups excluding carboxylic acids is 1. The van der Waals surface area contributed by atoms with Gasteiger partial charge in [0.15, 0.2) is 5.78 Å². The third-order valence-electron chi connectivity index (χ3n) is 1.38. The summed E-state index contributed by atoms with van der Waals surface area (Å²) in [4.78, 5) is 10.3. The van der Waals surface area contributed by atoms with Crippen LogP contribution in [0.25, 0.3) is 0 Å². The highest BCUT2D eigenvalue weighted by molar-refractivity contribution is 5.88. The molecule has 0 atom stereocenters. The fourth-order valence-electron chi connectivity index (χ4n) is 1.00. The van der Waals surface area contributed by atoms with E-state index in [0.29, 0.717) is 5.57 Å². The summed E-state index contributed by atoms with van der Waals surface area (Å²) < 4.78 is 24.2. The first-order valence-electron chi connectivity index (χ1n) is 3.07. The van der Waals surface area contributed by atoms with Crippen molar-refractivity contribution in [1.82, 2.24) is 0 Å². The van der Waals surface area contributed by atoms with Crippen LogP contribution in [0, 0.1) is 0 Å². The van der Waals surface area contributed by atoms with Gasteiger partial charge >= 0.3 is 0 Å². The lowest BCUT2D eigenvalue weighted by Gasteiger charge is -2.28. The molecule has 0 aliphatic heterocycles. The molecule has 1 aliphatic carbocycles. The molecule has 0 aromatic rings. The summed E-state index contributed by atoms with van der Waals surface area (Å²) in [6.45, 7) is 1.36. The normalized spacial score (nSPS) is 21.7. The smallest absolute Gasteiger partial charge is 0.255 e. The van der Waals surface area contributed by atoms with Crippen LogP contribution >= 0.6 is 0 Å². The van der Waals surface area contributed by atoms with Gasteiger partial charge in [-0.3, -0.25) is 4.79 Å². The highest BCUT2D eigenvalue weighted by Gasteiger charge is 2.40. The summed E-state index contributed by atoms with van der Waals surface area (Å²) in [5, 5.41) is 0. The predicted molar refractivity (Wildman–Crippen MR) is 32.9 cm³/mol. The Kier molecular flexibility index (Phi) is 1.58. The lowest BCUT2D eigenvalue weighted by Crippen LogP contribution is -2.28. The first-order chi connectivity index (χ1) is 4.49. The maximum Gasteiger partial charge on any atom is 0.255 e. The Balaban J connectivity index is 2.46. The van der Waals surface area contributed by atoms with Gasteiger partial charge in [0.1, 0.15) is 0 Å². The average molecular weight is 146 g/mol. The maximum absolute atomic E-state index is 12.1. The van der Waals surface area contributed by atoms with Gasteiger partial charge in [-0.05, 0) is 13.0 Å². The van der Waals surface area contributed by atoms with E-state index in [1.807, 2.05) is 0 Å². The van der Waals surface area contributed by atoms with Crippen molar-refractivity contribution in [2.24, 2.45) is 0 Å². The number of ketones is 1. The van der Waals surface area contributed by atoms with Crippen LogP contribution in [-0.4, -0.2) is 11.7 Å². The third-order valence-corrected chi connectivity index (χ3v) is 1.38. The van der Waals surface area contributed by atoms with Gasteiger partial charge in [-0.15, -0.1) is 0 Å². The minimum atomic E-state index is -2.54. The second-order valence-corrected chi connectivity index (χ2v) is 2.62. The number of halogens is 2. The molecule has 0 spiro atoms. The minimum Gasteiger partial charge on any atom is -0.295 e. The quantitative estimate of drug-likeness (QED) is 0.516. The molecule has 0 saturated heterocycles. The van der Waals surface area contributed by atoms with E-state index >= 15 is 0 Å². The molecule has 0 N–H and O–H groups in total. The summed E-state index contributed by atoms with van der Waals surface area (Å²) >= 11 is 0.